The van der Waals surface area contributed by atoms with E-state index in [0.717, 1.165) is 12.8 Å². The molecule has 0 spiro atoms. The Hall–Kier alpha value is -1.62. The van der Waals surface area contributed by atoms with Crippen molar-refractivity contribution in [2.45, 2.75) is 18.4 Å². The van der Waals surface area contributed by atoms with Crippen molar-refractivity contribution in [2.75, 3.05) is 13.7 Å². The molecule has 1 amide bonds. The minimum Gasteiger partial charge on any atom is -0.494 e. The lowest BCUT2D eigenvalue weighted by Gasteiger charge is -2.15. The van der Waals surface area contributed by atoms with Crippen molar-refractivity contribution in [2.24, 2.45) is 5.73 Å². The first-order valence-corrected chi connectivity index (χ1v) is 5.46. The molecule has 0 radical (unpaired) electrons. The predicted molar refractivity (Wildman–Crippen MR) is 61.4 cm³/mol. The van der Waals surface area contributed by atoms with E-state index < -0.39 is 5.82 Å². The maximum atomic E-state index is 13.2. The summed E-state index contributed by atoms with van der Waals surface area (Å²) in [5.74, 6) is -0.662. The fraction of sp³-hybridized carbons (Fsp3) is 0.417. The number of methoxy groups -OCH3 is 1. The zero-order valence-electron chi connectivity index (χ0n) is 9.63. The molecule has 1 fully saturated rings. The Morgan fingerprint density at radius 2 is 2.29 bits per heavy atom. The van der Waals surface area contributed by atoms with Gasteiger partial charge < -0.3 is 15.8 Å². The molecule has 0 aliphatic heterocycles. The highest BCUT2D eigenvalue weighted by molar-refractivity contribution is 5.95. The molecule has 0 aromatic heterocycles. The molecule has 17 heavy (non-hydrogen) atoms. The number of halogens is 1. The van der Waals surface area contributed by atoms with Gasteiger partial charge in [-0.3, -0.25) is 4.79 Å². The van der Waals surface area contributed by atoms with E-state index in [4.69, 9.17) is 10.5 Å². The van der Waals surface area contributed by atoms with Crippen LogP contribution in [0.15, 0.2) is 18.2 Å². The number of rotatable bonds is 4. The number of hydrogen-bond acceptors (Lipinski definition) is 3. The van der Waals surface area contributed by atoms with Gasteiger partial charge in [-0.15, -0.1) is 0 Å². The summed E-state index contributed by atoms with van der Waals surface area (Å²) in [5.41, 5.74) is 5.70. The second-order valence-corrected chi connectivity index (χ2v) is 4.29. The average Bonchev–Trinajstić information content (AvgIpc) is 3.10. The summed E-state index contributed by atoms with van der Waals surface area (Å²) in [4.78, 5) is 11.9. The summed E-state index contributed by atoms with van der Waals surface area (Å²) >= 11 is 0. The molecule has 4 nitrogen and oxygen atoms in total. The second kappa shape index (κ2) is 4.33. The lowest BCUT2D eigenvalue weighted by Crippen LogP contribution is -2.42. The molecule has 0 heterocycles. The van der Waals surface area contributed by atoms with Crippen LogP contribution >= 0.6 is 0 Å². The topological polar surface area (TPSA) is 64.3 Å². The van der Waals surface area contributed by atoms with Gasteiger partial charge in [0.05, 0.1) is 12.6 Å². The van der Waals surface area contributed by atoms with Crippen LogP contribution in [0.1, 0.15) is 23.2 Å². The van der Waals surface area contributed by atoms with E-state index in [2.05, 4.69) is 5.32 Å². The first-order valence-electron chi connectivity index (χ1n) is 5.46. The largest absolute Gasteiger partial charge is 0.494 e. The van der Waals surface area contributed by atoms with Crippen molar-refractivity contribution in [3.8, 4) is 5.75 Å². The SMILES string of the molecule is COc1cc(C(=O)NC2(CN)CC2)ccc1F. The number of hydrogen-bond donors (Lipinski definition) is 2. The van der Waals surface area contributed by atoms with Crippen LogP contribution in [0.2, 0.25) is 0 Å². The van der Waals surface area contributed by atoms with Gasteiger partial charge in [0.1, 0.15) is 0 Å². The lowest BCUT2D eigenvalue weighted by molar-refractivity contribution is 0.0932. The third-order valence-electron chi connectivity index (χ3n) is 3.04. The number of amides is 1. The molecular weight excluding hydrogens is 223 g/mol. The molecular formula is C12H15FN2O2. The molecule has 1 aliphatic rings. The number of carbonyl (C=O) groups is 1. The van der Waals surface area contributed by atoms with Crippen LogP contribution in [0.4, 0.5) is 4.39 Å². The van der Waals surface area contributed by atoms with Crippen molar-refractivity contribution in [1.82, 2.24) is 5.32 Å². The maximum absolute atomic E-state index is 13.2. The van der Waals surface area contributed by atoms with E-state index in [1.807, 2.05) is 0 Å². The van der Waals surface area contributed by atoms with E-state index in [1.54, 1.807) is 0 Å². The Morgan fingerprint density at radius 3 is 2.82 bits per heavy atom. The molecule has 1 aromatic carbocycles. The Kier molecular flexibility index (Phi) is 3.02. The van der Waals surface area contributed by atoms with Crippen molar-refractivity contribution in [3.63, 3.8) is 0 Å². The van der Waals surface area contributed by atoms with Crippen molar-refractivity contribution < 1.29 is 13.9 Å². The Morgan fingerprint density at radius 1 is 1.59 bits per heavy atom. The van der Waals surface area contributed by atoms with Gasteiger partial charge in [0.2, 0.25) is 0 Å². The lowest BCUT2D eigenvalue weighted by atomic mass is 10.1. The molecule has 0 unspecified atom stereocenters. The molecule has 3 N–H and O–H groups in total. The van der Waals surface area contributed by atoms with Crippen LogP contribution in [0.5, 0.6) is 5.75 Å². The van der Waals surface area contributed by atoms with Crippen molar-refractivity contribution in [1.29, 1.82) is 0 Å². The molecule has 0 atom stereocenters. The number of nitrogens with one attached hydrogen (secondary N) is 1. The summed E-state index contributed by atoms with van der Waals surface area (Å²) in [6.07, 6.45) is 1.79. The monoisotopic (exact) mass is 238 g/mol. The molecule has 92 valence electrons. The van der Waals surface area contributed by atoms with Gasteiger partial charge in [-0.25, -0.2) is 4.39 Å². The van der Waals surface area contributed by atoms with Crippen LogP contribution in [-0.4, -0.2) is 25.1 Å². The van der Waals surface area contributed by atoms with Gasteiger partial charge in [0, 0.05) is 12.1 Å². The van der Waals surface area contributed by atoms with Crippen molar-refractivity contribution in [3.05, 3.63) is 29.6 Å². The summed E-state index contributed by atoms with van der Waals surface area (Å²) in [6.45, 7) is 0.428. The van der Waals surface area contributed by atoms with Gasteiger partial charge in [-0.05, 0) is 31.0 Å². The third-order valence-corrected chi connectivity index (χ3v) is 3.04. The molecule has 2 rings (SSSR count). The fourth-order valence-corrected chi connectivity index (χ4v) is 1.65. The molecule has 1 aliphatic carbocycles. The van der Waals surface area contributed by atoms with Gasteiger partial charge >= 0.3 is 0 Å². The fourth-order valence-electron chi connectivity index (χ4n) is 1.65. The molecule has 1 aromatic rings. The highest BCUT2D eigenvalue weighted by atomic mass is 19.1. The van der Waals surface area contributed by atoms with Crippen LogP contribution in [0.3, 0.4) is 0 Å². The average molecular weight is 238 g/mol. The Bertz CT molecular complexity index is 444. The Balaban J connectivity index is 2.14. The molecule has 5 heteroatoms. The van der Waals surface area contributed by atoms with Gasteiger partial charge in [0.25, 0.3) is 5.91 Å². The molecule has 1 saturated carbocycles. The first-order chi connectivity index (χ1) is 8.10. The zero-order chi connectivity index (χ0) is 12.5. The summed E-state index contributed by atoms with van der Waals surface area (Å²) in [5, 5.41) is 2.86. The van der Waals surface area contributed by atoms with Crippen LogP contribution in [-0.2, 0) is 0 Å². The number of nitrogens with two attached hydrogens (primary N) is 1. The smallest absolute Gasteiger partial charge is 0.251 e. The van der Waals surface area contributed by atoms with E-state index in [0.29, 0.717) is 12.1 Å². The van der Waals surface area contributed by atoms with E-state index in [9.17, 15) is 9.18 Å². The van der Waals surface area contributed by atoms with Crippen LogP contribution in [0.25, 0.3) is 0 Å². The van der Waals surface area contributed by atoms with Crippen LogP contribution < -0.4 is 15.8 Å². The maximum Gasteiger partial charge on any atom is 0.251 e. The van der Waals surface area contributed by atoms with E-state index in [-0.39, 0.29) is 17.2 Å². The number of ether oxygens (including phenoxy) is 1. The molecule has 0 saturated heterocycles. The summed E-state index contributed by atoms with van der Waals surface area (Å²) in [7, 11) is 1.36. The highest BCUT2D eigenvalue weighted by Gasteiger charge is 2.42. The summed E-state index contributed by atoms with van der Waals surface area (Å²) in [6, 6.07) is 4.03. The second-order valence-electron chi connectivity index (χ2n) is 4.29. The predicted octanol–water partition coefficient (Wildman–Crippen LogP) is 1.06. The van der Waals surface area contributed by atoms with E-state index in [1.165, 1.54) is 25.3 Å². The minimum atomic E-state index is -0.482. The number of benzene rings is 1. The van der Waals surface area contributed by atoms with Gasteiger partial charge in [0.15, 0.2) is 11.6 Å². The van der Waals surface area contributed by atoms with Crippen molar-refractivity contribution >= 4 is 5.91 Å². The first kappa shape index (κ1) is 11.9. The number of carbonyl (C=O) groups excluding carboxylic acids is 1. The summed E-state index contributed by atoms with van der Waals surface area (Å²) < 4.78 is 18.0. The Labute approximate surface area is 98.9 Å². The third kappa shape index (κ3) is 2.39. The van der Waals surface area contributed by atoms with Crippen LogP contribution in [0, 0.1) is 5.82 Å². The normalized spacial score (nSPS) is 16.4. The molecule has 0 bridgehead atoms. The standard InChI is InChI=1S/C12H15FN2O2/c1-17-10-6-8(2-3-9(10)13)11(16)15-12(7-14)4-5-12/h2-3,6H,4-5,7,14H2,1H3,(H,15,16). The zero-order valence-corrected chi connectivity index (χ0v) is 9.63. The highest BCUT2D eigenvalue weighted by Crippen LogP contribution is 2.34. The van der Waals surface area contributed by atoms with E-state index >= 15 is 0 Å². The minimum absolute atomic E-state index is 0.0650. The van der Waals surface area contributed by atoms with Gasteiger partial charge in [-0.1, -0.05) is 0 Å². The quantitative estimate of drug-likeness (QED) is 0.824. The van der Waals surface area contributed by atoms with Gasteiger partial charge in [-0.2, -0.15) is 0 Å².